The molecule has 0 aliphatic heterocycles. The second-order valence-corrected chi connectivity index (χ2v) is 5.23. The number of aryl methyl sites for hydroxylation is 1. The van der Waals surface area contributed by atoms with Crippen LogP contribution >= 0.6 is 15.9 Å². The van der Waals surface area contributed by atoms with Crippen LogP contribution in [0.15, 0.2) is 22.7 Å². The van der Waals surface area contributed by atoms with Crippen molar-refractivity contribution in [2.75, 3.05) is 11.9 Å². The van der Waals surface area contributed by atoms with E-state index in [1.807, 2.05) is 13.0 Å². The summed E-state index contributed by atoms with van der Waals surface area (Å²) in [4.78, 5) is 33.5. The number of ketones is 1. The summed E-state index contributed by atoms with van der Waals surface area (Å²) >= 11 is 3.36. The van der Waals surface area contributed by atoms with Gasteiger partial charge in [0.25, 0.3) is 5.91 Å². The van der Waals surface area contributed by atoms with E-state index in [1.54, 1.807) is 12.1 Å². The second kappa shape index (κ2) is 7.79. The zero-order valence-corrected chi connectivity index (χ0v) is 13.0. The van der Waals surface area contributed by atoms with Crippen LogP contribution in [-0.4, -0.2) is 24.3 Å². The maximum Gasteiger partial charge on any atom is 0.306 e. The molecule has 0 aliphatic carbocycles. The van der Waals surface area contributed by atoms with Crippen LogP contribution in [0, 0.1) is 6.92 Å². The Morgan fingerprint density at radius 2 is 1.95 bits per heavy atom. The molecule has 0 saturated heterocycles. The van der Waals surface area contributed by atoms with Crippen molar-refractivity contribution in [1.82, 2.24) is 0 Å². The Kier molecular flexibility index (Phi) is 6.38. The molecule has 0 bridgehead atoms. The van der Waals surface area contributed by atoms with E-state index in [1.165, 1.54) is 6.92 Å². The van der Waals surface area contributed by atoms with E-state index < -0.39 is 11.9 Å². The van der Waals surface area contributed by atoms with Crippen molar-refractivity contribution in [2.45, 2.75) is 26.7 Å². The van der Waals surface area contributed by atoms with Crippen LogP contribution in [0.3, 0.4) is 0 Å². The number of rotatable bonds is 6. The largest absolute Gasteiger partial charge is 0.456 e. The Morgan fingerprint density at radius 3 is 2.55 bits per heavy atom. The van der Waals surface area contributed by atoms with Gasteiger partial charge in [0.1, 0.15) is 5.78 Å². The summed E-state index contributed by atoms with van der Waals surface area (Å²) in [5.74, 6) is -1.06. The molecule has 0 saturated carbocycles. The number of benzene rings is 1. The quantitative estimate of drug-likeness (QED) is 0.807. The number of Topliss-reactive ketones (excluding diaryl/α,β-unsaturated/α-hetero) is 1. The van der Waals surface area contributed by atoms with E-state index in [-0.39, 0.29) is 25.2 Å². The third-order valence-electron chi connectivity index (χ3n) is 2.50. The molecule has 1 N–H and O–H groups in total. The van der Waals surface area contributed by atoms with Crippen LogP contribution in [0.4, 0.5) is 5.69 Å². The molecule has 0 unspecified atom stereocenters. The fourth-order valence-electron chi connectivity index (χ4n) is 1.36. The summed E-state index contributed by atoms with van der Waals surface area (Å²) in [6.07, 6.45) is 0.129. The molecule has 5 nitrogen and oxygen atoms in total. The number of halogens is 1. The number of esters is 1. The van der Waals surface area contributed by atoms with Gasteiger partial charge < -0.3 is 14.8 Å². The molecule has 0 spiro atoms. The average Bonchev–Trinajstić information content (AvgIpc) is 2.38. The lowest BCUT2D eigenvalue weighted by atomic mass is 10.2. The van der Waals surface area contributed by atoms with Gasteiger partial charge in [0.05, 0.1) is 6.42 Å². The Labute approximate surface area is 125 Å². The summed E-state index contributed by atoms with van der Waals surface area (Å²) in [5, 5.41) is 2.62. The molecule has 0 fully saturated rings. The van der Waals surface area contributed by atoms with Crippen LogP contribution in [0.1, 0.15) is 25.3 Å². The third-order valence-corrected chi connectivity index (χ3v) is 3.36. The lowest BCUT2D eigenvalue weighted by Gasteiger charge is -2.07. The number of hydrogen-bond acceptors (Lipinski definition) is 4. The van der Waals surface area contributed by atoms with Crippen molar-refractivity contribution in [3.05, 3.63) is 28.2 Å². The molecule has 0 radical (unpaired) electrons. The molecule has 1 aromatic rings. The van der Waals surface area contributed by atoms with Crippen LogP contribution < -0.4 is 5.32 Å². The van der Waals surface area contributed by atoms with E-state index in [4.69, 9.17) is 4.74 Å². The first-order valence-corrected chi connectivity index (χ1v) is 6.89. The molecule has 1 rings (SSSR count). The molecule has 6 heteroatoms. The van der Waals surface area contributed by atoms with E-state index >= 15 is 0 Å². The van der Waals surface area contributed by atoms with Gasteiger partial charge in [-0.1, -0.05) is 22.0 Å². The van der Waals surface area contributed by atoms with Gasteiger partial charge in [0.2, 0.25) is 0 Å². The van der Waals surface area contributed by atoms with E-state index in [0.29, 0.717) is 5.69 Å². The Hall–Kier alpha value is -1.69. The highest BCUT2D eigenvalue weighted by molar-refractivity contribution is 9.10. The highest BCUT2D eigenvalue weighted by Gasteiger charge is 2.09. The third kappa shape index (κ3) is 5.97. The number of carbonyl (C=O) groups is 3. The lowest BCUT2D eigenvalue weighted by molar-refractivity contribution is -0.148. The maximum absolute atomic E-state index is 11.6. The van der Waals surface area contributed by atoms with Gasteiger partial charge in [0, 0.05) is 16.6 Å². The number of hydrogen-bond donors (Lipinski definition) is 1. The van der Waals surface area contributed by atoms with Gasteiger partial charge in [-0.25, -0.2) is 0 Å². The molecule has 0 heterocycles. The summed E-state index contributed by atoms with van der Waals surface area (Å²) < 4.78 is 5.65. The van der Waals surface area contributed by atoms with Gasteiger partial charge in [-0.3, -0.25) is 9.59 Å². The van der Waals surface area contributed by atoms with Gasteiger partial charge in [-0.05, 0) is 31.5 Å². The van der Waals surface area contributed by atoms with Crippen molar-refractivity contribution in [3.63, 3.8) is 0 Å². The smallest absolute Gasteiger partial charge is 0.306 e. The second-order valence-electron chi connectivity index (χ2n) is 4.37. The van der Waals surface area contributed by atoms with Crippen molar-refractivity contribution < 1.29 is 19.1 Å². The van der Waals surface area contributed by atoms with Crippen molar-refractivity contribution >= 4 is 39.3 Å². The van der Waals surface area contributed by atoms with Crippen molar-refractivity contribution in [1.29, 1.82) is 0 Å². The molecule has 1 aromatic carbocycles. The number of amides is 1. The normalized spacial score (nSPS) is 9.95. The Morgan fingerprint density at radius 1 is 1.25 bits per heavy atom. The molecule has 1 amide bonds. The van der Waals surface area contributed by atoms with Crippen LogP contribution in [0.25, 0.3) is 0 Å². The number of ether oxygens (including phenoxy) is 1. The zero-order valence-electron chi connectivity index (χ0n) is 11.4. The minimum atomic E-state index is -0.555. The average molecular weight is 342 g/mol. The highest BCUT2D eigenvalue weighted by atomic mass is 79.9. The fraction of sp³-hybridized carbons (Fsp3) is 0.357. The molecule has 20 heavy (non-hydrogen) atoms. The molecular weight excluding hydrogens is 326 g/mol. The standard InChI is InChI=1S/C14H16BrNO4/c1-9-3-5-11(7-12(9)15)16-13(18)8-20-14(19)6-4-10(2)17/h3,5,7H,4,6,8H2,1-2H3,(H,16,18). The Bertz CT molecular complexity index is 528. The van der Waals surface area contributed by atoms with Crippen LogP contribution in [-0.2, 0) is 19.1 Å². The monoisotopic (exact) mass is 341 g/mol. The molecule has 0 aliphatic rings. The van der Waals surface area contributed by atoms with Gasteiger partial charge in [0.15, 0.2) is 6.61 Å². The minimum Gasteiger partial charge on any atom is -0.456 e. The van der Waals surface area contributed by atoms with Gasteiger partial charge >= 0.3 is 5.97 Å². The first kappa shape index (κ1) is 16.4. The van der Waals surface area contributed by atoms with Gasteiger partial charge in [-0.15, -0.1) is 0 Å². The first-order valence-electron chi connectivity index (χ1n) is 6.09. The number of anilines is 1. The molecule has 108 valence electrons. The highest BCUT2D eigenvalue weighted by Crippen LogP contribution is 2.20. The van der Waals surface area contributed by atoms with Crippen molar-refractivity contribution in [2.24, 2.45) is 0 Å². The predicted octanol–water partition coefficient (Wildman–Crippen LogP) is 2.61. The minimum absolute atomic E-state index is 0.00130. The zero-order chi connectivity index (χ0) is 15.1. The lowest BCUT2D eigenvalue weighted by Crippen LogP contribution is -2.21. The number of nitrogens with one attached hydrogen (secondary N) is 1. The number of carbonyl (C=O) groups excluding carboxylic acids is 3. The van der Waals surface area contributed by atoms with Crippen molar-refractivity contribution in [3.8, 4) is 0 Å². The van der Waals surface area contributed by atoms with E-state index in [9.17, 15) is 14.4 Å². The van der Waals surface area contributed by atoms with Crippen LogP contribution in [0.2, 0.25) is 0 Å². The maximum atomic E-state index is 11.6. The summed E-state index contributed by atoms with van der Waals surface area (Å²) in [5.41, 5.74) is 1.67. The van der Waals surface area contributed by atoms with Gasteiger partial charge in [-0.2, -0.15) is 0 Å². The topological polar surface area (TPSA) is 72.5 Å². The Balaban J connectivity index is 2.38. The predicted molar refractivity (Wildman–Crippen MR) is 78.4 cm³/mol. The van der Waals surface area contributed by atoms with E-state index in [0.717, 1.165) is 10.0 Å². The summed E-state index contributed by atoms with van der Waals surface area (Å²) in [7, 11) is 0. The molecule has 0 aromatic heterocycles. The molecule has 0 atom stereocenters. The first-order chi connectivity index (χ1) is 9.38. The summed E-state index contributed by atoms with van der Waals surface area (Å²) in [6, 6.07) is 5.39. The molecular formula is C14H16BrNO4. The fourth-order valence-corrected chi connectivity index (χ4v) is 1.74. The summed E-state index contributed by atoms with van der Waals surface area (Å²) in [6.45, 7) is 2.98. The van der Waals surface area contributed by atoms with E-state index in [2.05, 4.69) is 21.2 Å². The van der Waals surface area contributed by atoms with Crippen LogP contribution in [0.5, 0.6) is 0 Å². The SMILES string of the molecule is CC(=O)CCC(=O)OCC(=O)Nc1ccc(C)c(Br)c1.